The lowest BCUT2D eigenvalue weighted by Crippen LogP contribution is -1.80. The van der Waals surface area contributed by atoms with Gasteiger partial charge < -0.3 is 0 Å². The molecule has 0 fully saturated rings. The summed E-state index contributed by atoms with van der Waals surface area (Å²) in [5.41, 5.74) is 4.35. The molecule has 86 valence electrons. The molecule has 1 aromatic carbocycles. The monoisotopic (exact) mass is 222 g/mol. The van der Waals surface area contributed by atoms with Gasteiger partial charge in [0.2, 0.25) is 0 Å². The van der Waals surface area contributed by atoms with Gasteiger partial charge in [-0.25, -0.2) is 0 Å². The number of hydrogen-bond donors (Lipinski definition) is 0. The maximum absolute atomic E-state index is 4.01. The molecule has 17 heavy (non-hydrogen) atoms. The summed E-state index contributed by atoms with van der Waals surface area (Å²) in [6.07, 6.45) is 9.46. The van der Waals surface area contributed by atoms with E-state index in [4.69, 9.17) is 0 Å². The van der Waals surface area contributed by atoms with Crippen LogP contribution in [0.25, 0.3) is 6.08 Å². The standard InChI is InChI=1S/C17H18/c1-5-8-17(6-2)15(4)11-12-16-10-7-9-14(3)13-16/h5-13H,1-2,4H2,3H3/b12-11+,17-8+. The van der Waals surface area contributed by atoms with Gasteiger partial charge in [0.05, 0.1) is 0 Å². The van der Waals surface area contributed by atoms with Gasteiger partial charge in [-0.1, -0.05) is 79.9 Å². The van der Waals surface area contributed by atoms with Crippen LogP contribution in [0, 0.1) is 6.92 Å². The maximum atomic E-state index is 4.01. The lowest BCUT2D eigenvalue weighted by atomic mass is 10.1. The Bertz CT molecular complexity index is 485. The third-order valence-electron chi connectivity index (χ3n) is 2.41. The number of aryl methyl sites for hydroxylation is 1. The van der Waals surface area contributed by atoms with Crippen LogP contribution in [-0.2, 0) is 0 Å². The highest BCUT2D eigenvalue weighted by atomic mass is 14.0. The van der Waals surface area contributed by atoms with Crippen molar-refractivity contribution in [3.63, 3.8) is 0 Å². The fourth-order valence-electron chi connectivity index (χ4n) is 1.50. The van der Waals surface area contributed by atoms with Gasteiger partial charge in [0, 0.05) is 0 Å². The minimum absolute atomic E-state index is 0.932. The summed E-state index contributed by atoms with van der Waals surface area (Å²) in [6, 6.07) is 8.33. The molecule has 0 N–H and O–H groups in total. The van der Waals surface area contributed by atoms with E-state index < -0.39 is 0 Å². The topological polar surface area (TPSA) is 0 Å². The number of benzene rings is 1. The minimum atomic E-state index is 0.932. The van der Waals surface area contributed by atoms with Gasteiger partial charge in [0.15, 0.2) is 0 Å². The smallest absolute Gasteiger partial charge is 0.0196 e. The van der Waals surface area contributed by atoms with Crippen molar-refractivity contribution in [2.75, 3.05) is 0 Å². The summed E-state index contributed by atoms with van der Waals surface area (Å²) < 4.78 is 0. The van der Waals surface area contributed by atoms with E-state index in [0.717, 1.165) is 11.1 Å². The molecule has 0 aromatic heterocycles. The van der Waals surface area contributed by atoms with E-state index in [2.05, 4.69) is 50.9 Å². The molecule has 0 saturated heterocycles. The molecule has 0 unspecified atom stereocenters. The molecule has 1 aromatic rings. The SMILES string of the molecule is C=C/C=C(\C=C)C(=C)/C=C/c1cccc(C)c1. The Morgan fingerprint density at radius 2 is 2.00 bits per heavy atom. The number of rotatable bonds is 5. The highest BCUT2D eigenvalue weighted by molar-refractivity contribution is 5.58. The second kappa shape index (κ2) is 6.49. The molecular weight excluding hydrogens is 204 g/mol. The molecule has 0 amide bonds. The molecular formula is C17H18. The van der Waals surface area contributed by atoms with Crippen molar-refractivity contribution < 1.29 is 0 Å². The van der Waals surface area contributed by atoms with Crippen molar-refractivity contribution in [2.24, 2.45) is 0 Å². The summed E-state index contributed by atoms with van der Waals surface area (Å²) in [4.78, 5) is 0. The van der Waals surface area contributed by atoms with Gasteiger partial charge in [-0.3, -0.25) is 0 Å². The largest absolute Gasteiger partial charge is 0.0990 e. The summed E-state index contributed by atoms with van der Waals surface area (Å²) >= 11 is 0. The van der Waals surface area contributed by atoms with E-state index in [0.29, 0.717) is 0 Å². The average molecular weight is 222 g/mol. The summed E-state index contributed by atoms with van der Waals surface area (Å²) in [5, 5.41) is 0. The van der Waals surface area contributed by atoms with Gasteiger partial charge in [0.25, 0.3) is 0 Å². The highest BCUT2D eigenvalue weighted by Gasteiger charge is 1.93. The van der Waals surface area contributed by atoms with Crippen LogP contribution in [0.1, 0.15) is 11.1 Å². The molecule has 0 radical (unpaired) electrons. The van der Waals surface area contributed by atoms with Crippen molar-refractivity contribution >= 4 is 6.08 Å². The van der Waals surface area contributed by atoms with Gasteiger partial charge in [-0.15, -0.1) is 0 Å². The van der Waals surface area contributed by atoms with E-state index in [1.54, 1.807) is 12.2 Å². The Hall–Kier alpha value is -2.08. The van der Waals surface area contributed by atoms with Gasteiger partial charge in [0.1, 0.15) is 0 Å². The zero-order valence-corrected chi connectivity index (χ0v) is 10.3. The van der Waals surface area contributed by atoms with Crippen molar-refractivity contribution in [2.45, 2.75) is 6.92 Å². The first kappa shape index (κ1) is 13.0. The van der Waals surface area contributed by atoms with Gasteiger partial charge in [-0.05, 0) is 23.6 Å². The van der Waals surface area contributed by atoms with Crippen LogP contribution < -0.4 is 0 Å². The Balaban J connectivity index is 2.84. The molecule has 0 saturated carbocycles. The molecule has 0 spiro atoms. The first-order valence-electron chi connectivity index (χ1n) is 5.56. The van der Waals surface area contributed by atoms with Crippen LogP contribution >= 0.6 is 0 Å². The van der Waals surface area contributed by atoms with E-state index in [9.17, 15) is 0 Å². The number of allylic oxidation sites excluding steroid dienone is 6. The molecule has 0 aliphatic heterocycles. The van der Waals surface area contributed by atoms with Crippen LogP contribution in [0.15, 0.2) is 79.5 Å². The van der Waals surface area contributed by atoms with Crippen LogP contribution in [0.4, 0.5) is 0 Å². The third kappa shape index (κ3) is 4.12. The zero-order valence-electron chi connectivity index (χ0n) is 10.3. The van der Waals surface area contributed by atoms with Crippen molar-refractivity contribution in [3.8, 4) is 0 Å². The van der Waals surface area contributed by atoms with Crippen LogP contribution in [-0.4, -0.2) is 0 Å². The molecule has 0 heteroatoms. The maximum Gasteiger partial charge on any atom is -0.0196 e. The predicted octanol–water partition coefficient (Wildman–Crippen LogP) is 4.86. The van der Waals surface area contributed by atoms with Crippen LogP contribution in [0.2, 0.25) is 0 Å². The Morgan fingerprint density at radius 1 is 1.24 bits per heavy atom. The molecule has 0 bridgehead atoms. The van der Waals surface area contributed by atoms with Crippen molar-refractivity contribution in [1.82, 2.24) is 0 Å². The fourth-order valence-corrected chi connectivity index (χ4v) is 1.50. The van der Waals surface area contributed by atoms with E-state index in [1.807, 2.05) is 18.2 Å². The second-order valence-electron chi connectivity index (χ2n) is 3.83. The Morgan fingerprint density at radius 3 is 2.59 bits per heavy atom. The Labute approximate surface area is 104 Å². The third-order valence-corrected chi connectivity index (χ3v) is 2.41. The Kier molecular flexibility index (Phi) is 4.96. The quantitative estimate of drug-likeness (QED) is 0.624. The molecule has 0 atom stereocenters. The molecule has 0 aliphatic rings. The highest BCUT2D eigenvalue weighted by Crippen LogP contribution is 2.13. The first-order chi connectivity index (χ1) is 8.17. The van der Waals surface area contributed by atoms with Crippen molar-refractivity contribution in [3.05, 3.63) is 90.6 Å². The van der Waals surface area contributed by atoms with Crippen LogP contribution in [0.3, 0.4) is 0 Å². The van der Waals surface area contributed by atoms with Crippen LogP contribution in [0.5, 0.6) is 0 Å². The van der Waals surface area contributed by atoms with E-state index in [-0.39, 0.29) is 0 Å². The molecule has 1 rings (SSSR count). The number of hydrogen-bond acceptors (Lipinski definition) is 0. The molecule has 0 heterocycles. The van der Waals surface area contributed by atoms with E-state index >= 15 is 0 Å². The first-order valence-corrected chi connectivity index (χ1v) is 5.56. The average Bonchev–Trinajstić information content (AvgIpc) is 2.33. The normalized spacial score (nSPS) is 11.5. The summed E-state index contributed by atoms with van der Waals surface area (Å²) in [6.45, 7) is 13.5. The minimum Gasteiger partial charge on any atom is -0.0990 e. The summed E-state index contributed by atoms with van der Waals surface area (Å²) in [5.74, 6) is 0. The molecule has 0 nitrogen and oxygen atoms in total. The summed E-state index contributed by atoms with van der Waals surface area (Å²) in [7, 11) is 0. The lowest BCUT2D eigenvalue weighted by Gasteiger charge is -2.00. The van der Waals surface area contributed by atoms with Gasteiger partial charge in [-0.2, -0.15) is 0 Å². The predicted molar refractivity (Wildman–Crippen MR) is 77.8 cm³/mol. The van der Waals surface area contributed by atoms with Crippen molar-refractivity contribution in [1.29, 1.82) is 0 Å². The van der Waals surface area contributed by atoms with E-state index in [1.165, 1.54) is 11.1 Å². The second-order valence-corrected chi connectivity index (χ2v) is 3.83. The zero-order chi connectivity index (χ0) is 12.7. The van der Waals surface area contributed by atoms with Gasteiger partial charge >= 0.3 is 0 Å². The molecule has 0 aliphatic carbocycles. The fraction of sp³-hybridized carbons (Fsp3) is 0.0588. The lowest BCUT2D eigenvalue weighted by molar-refractivity contribution is 1.46.